The SMILES string of the molecule is c1ccc(-c2nc(Nc3cccc4cccnc34)cc(N3CCCC3)n2)cc1. The normalized spacial score (nSPS) is 13.8. The number of nitrogens with one attached hydrogen (secondary N) is 1. The van der Waals surface area contributed by atoms with Gasteiger partial charge in [-0.1, -0.05) is 48.5 Å². The number of hydrogen-bond acceptors (Lipinski definition) is 5. The zero-order valence-electron chi connectivity index (χ0n) is 15.5. The predicted octanol–water partition coefficient (Wildman–Crippen LogP) is 5.04. The molecule has 1 aliphatic rings. The molecule has 138 valence electrons. The molecule has 0 amide bonds. The van der Waals surface area contributed by atoms with Crippen LogP contribution in [0.25, 0.3) is 22.3 Å². The number of nitrogens with zero attached hydrogens (tertiary/aromatic N) is 4. The highest BCUT2D eigenvalue weighted by molar-refractivity contribution is 5.91. The van der Waals surface area contributed by atoms with Gasteiger partial charge in [0.05, 0.1) is 11.2 Å². The number of pyridine rings is 1. The first-order chi connectivity index (χ1) is 13.9. The number of rotatable bonds is 4. The summed E-state index contributed by atoms with van der Waals surface area (Å²) in [7, 11) is 0. The average Bonchev–Trinajstić information content (AvgIpc) is 3.30. The van der Waals surface area contributed by atoms with Crippen LogP contribution in [0, 0.1) is 0 Å². The lowest BCUT2D eigenvalue weighted by Gasteiger charge is -2.19. The number of fused-ring (bicyclic) bond motifs is 1. The summed E-state index contributed by atoms with van der Waals surface area (Å²) in [6.07, 6.45) is 4.24. The van der Waals surface area contributed by atoms with Crippen molar-refractivity contribution >= 4 is 28.2 Å². The third kappa shape index (κ3) is 3.27. The molecule has 0 saturated carbocycles. The van der Waals surface area contributed by atoms with Crippen LogP contribution in [0.2, 0.25) is 0 Å². The van der Waals surface area contributed by atoms with E-state index < -0.39 is 0 Å². The van der Waals surface area contributed by atoms with Crippen LogP contribution in [0.1, 0.15) is 12.8 Å². The second-order valence-corrected chi connectivity index (χ2v) is 7.00. The van der Waals surface area contributed by atoms with Crippen molar-refractivity contribution < 1.29 is 0 Å². The maximum atomic E-state index is 4.85. The van der Waals surface area contributed by atoms with Gasteiger partial charge in [0, 0.05) is 36.3 Å². The van der Waals surface area contributed by atoms with E-state index in [1.807, 2.05) is 60.8 Å². The van der Waals surface area contributed by atoms with Crippen LogP contribution >= 0.6 is 0 Å². The van der Waals surface area contributed by atoms with Gasteiger partial charge in [0.1, 0.15) is 11.6 Å². The zero-order valence-corrected chi connectivity index (χ0v) is 15.5. The molecule has 2 aromatic carbocycles. The van der Waals surface area contributed by atoms with Crippen LogP contribution in [0.3, 0.4) is 0 Å². The van der Waals surface area contributed by atoms with Crippen molar-refractivity contribution in [2.75, 3.05) is 23.3 Å². The lowest BCUT2D eigenvalue weighted by Crippen LogP contribution is -2.19. The van der Waals surface area contributed by atoms with E-state index in [0.717, 1.165) is 52.7 Å². The first kappa shape index (κ1) is 16.7. The molecule has 0 atom stereocenters. The summed E-state index contributed by atoms with van der Waals surface area (Å²) in [6, 6.07) is 22.3. The van der Waals surface area contributed by atoms with Crippen LogP contribution in [0.4, 0.5) is 17.3 Å². The predicted molar refractivity (Wildman–Crippen MR) is 114 cm³/mol. The van der Waals surface area contributed by atoms with Crippen molar-refractivity contribution in [3.63, 3.8) is 0 Å². The summed E-state index contributed by atoms with van der Waals surface area (Å²) in [5, 5.41) is 4.58. The van der Waals surface area contributed by atoms with Crippen molar-refractivity contribution in [2.24, 2.45) is 0 Å². The quantitative estimate of drug-likeness (QED) is 0.548. The van der Waals surface area contributed by atoms with Crippen LogP contribution < -0.4 is 10.2 Å². The molecule has 1 aliphatic heterocycles. The average molecular weight is 367 g/mol. The molecule has 5 heteroatoms. The third-order valence-electron chi connectivity index (χ3n) is 5.07. The molecule has 0 aliphatic carbocycles. The van der Waals surface area contributed by atoms with Crippen LogP contribution in [-0.2, 0) is 0 Å². The molecule has 28 heavy (non-hydrogen) atoms. The smallest absolute Gasteiger partial charge is 0.163 e. The van der Waals surface area contributed by atoms with E-state index in [0.29, 0.717) is 0 Å². The first-order valence-corrected chi connectivity index (χ1v) is 9.67. The fourth-order valence-corrected chi connectivity index (χ4v) is 3.67. The second kappa shape index (κ2) is 7.27. The Hall–Kier alpha value is -3.47. The van der Waals surface area contributed by atoms with Crippen molar-refractivity contribution in [3.05, 3.63) is 72.9 Å². The van der Waals surface area contributed by atoms with Gasteiger partial charge in [0.25, 0.3) is 0 Å². The van der Waals surface area contributed by atoms with Crippen molar-refractivity contribution in [2.45, 2.75) is 12.8 Å². The first-order valence-electron chi connectivity index (χ1n) is 9.67. The maximum Gasteiger partial charge on any atom is 0.163 e. The van der Waals surface area contributed by atoms with Gasteiger partial charge in [-0.15, -0.1) is 0 Å². The van der Waals surface area contributed by atoms with Gasteiger partial charge in [-0.05, 0) is 25.0 Å². The molecular formula is C23H21N5. The molecule has 0 bridgehead atoms. The summed E-state index contributed by atoms with van der Waals surface area (Å²) in [6.45, 7) is 2.08. The van der Waals surface area contributed by atoms with Crippen molar-refractivity contribution in [3.8, 4) is 11.4 Å². The van der Waals surface area contributed by atoms with Crippen LogP contribution in [-0.4, -0.2) is 28.0 Å². The molecule has 1 saturated heterocycles. The summed E-state index contributed by atoms with van der Waals surface area (Å²) >= 11 is 0. The molecule has 5 nitrogen and oxygen atoms in total. The number of benzene rings is 2. The van der Waals surface area contributed by atoms with Gasteiger partial charge >= 0.3 is 0 Å². The number of anilines is 3. The third-order valence-corrected chi connectivity index (χ3v) is 5.07. The molecule has 0 spiro atoms. The van der Waals surface area contributed by atoms with Gasteiger partial charge in [-0.25, -0.2) is 9.97 Å². The molecule has 1 fully saturated rings. The van der Waals surface area contributed by atoms with Crippen LogP contribution in [0.15, 0.2) is 72.9 Å². The van der Waals surface area contributed by atoms with E-state index in [9.17, 15) is 0 Å². The molecule has 3 heterocycles. The van der Waals surface area contributed by atoms with E-state index in [4.69, 9.17) is 9.97 Å². The molecule has 0 radical (unpaired) electrons. The molecule has 4 aromatic rings. The Morgan fingerprint density at radius 1 is 0.821 bits per heavy atom. The summed E-state index contributed by atoms with van der Waals surface area (Å²) in [4.78, 5) is 16.5. The Labute approximate surface area is 164 Å². The van der Waals surface area contributed by atoms with Crippen molar-refractivity contribution in [1.82, 2.24) is 15.0 Å². The highest BCUT2D eigenvalue weighted by atomic mass is 15.2. The minimum Gasteiger partial charge on any atom is -0.356 e. The Balaban J connectivity index is 1.58. The highest BCUT2D eigenvalue weighted by Crippen LogP contribution is 2.28. The van der Waals surface area contributed by atoms with E-state index in [-0.39, 0.29) is 0 Å². The Morgan fingerprint density at radius 2 is 1.64 bits per heavy atom. The maximum absolute atomic E-state index is 4.85. The summed E-state index contributed by atoms with van der Waals surface area (Å²) < 4.78 is 0. The van der Waals surface area contributed by atoms with Gasteiger partial charge in [-0.3, -0.25) is 4.98 Å². The number of hydrogen-bond donors (Lipinski definition) is 1. The lowest BCUT2D eigenvalue weighted by molar-refractivity contribution is 0.931. The highest BCUT2D eigenvalue weighted by Gasteiger charge is 2.17. The summed E-state index contributed by atoms with van der Waals surface area (Å²) in [5.41, 5.74) is 2.90. The zero-order chi connectivity index (χ0) is 18.8. The fourth-order valence-electron chi connectivity index (χ4n) is 3.67. The fraction of sp³-hybridized carbons (Fsp3) is 0.174. The standard InChI is InChI=1S/C23H21N5/c1-2-8-18(9-3-1)23-26-20(16-21(27-23)28-14-4-5-15-28)25-19-12-6-10-17-11-7-13-24-22(17)19/h1-3,6-13,16H,4-5,14-15H2,(H,25,26,27). The Bertz CT molecular complexity index is 1100. The monoisotopic (exact) mass is 367 g/mol. The van der Waals surface area contributed by atoms with E-state index in [2.05, 4.69) is 27.3 Å². The molecule has 0 unspecified atom stereocenters. The minimum atomic E-state index is 0.737. The topological polar surface area (TPSA) is 53.9 Å². The Kier molecular flexibility index (Phi) is 4.33. The molecule has 5 rings (SSSR count). The van der Waals surface area contributed by atoms with Gasteiger partial charge < -0.3 is 10.2 Å². The number of para-hydroxylation sites is 1. The van der Waals surface area contributed by atoms with E-state index >= 15 is 0 Å². The second-order valence-electron chi connectivity index (χ2n) is 7.00. The van der Waals surface area contributed by atoms with Crippen LogP contribution in [0.5, 0.6) is 0 Å². The summed E-state index contributed by atoms with van der Waals surface area (Å²) in [5.74, 6) is 2.50. The van der Waals surface area contributed by atoms with Gasteiger partial charge in [0.15, 0.2) is 5.82 Å². The number of aromatic nitrogens is 3. The van der Waals surface area contributed by atoms with E-state index in [1.54, 1.807) is 0 Å². The molecule has 2 aromatic heterocycles. The lowest BCUT2D eigenvalue weighted by atomic mass is 10.2. The Morgan fingerprint density at radius 3 is 2.50 bits per heavy atom. The van der Waals surface area contributed by atoms with E-state index in [1.165, 1.54) is 12.8 Å². The van der Waals surface area contributed by atoms with Crippen molar-refractivity contribution in [1.29, 1.82) is 0 Å². The van der Waals surface area contributed by atoms with Gasteiger partial charge in [0.2, 0.25) is 0 Å². The molecule has 1 N–H and O–H groups in total. The largest absolute Gasteiger partial charge is 0.356 e. The van der Waals surface area contributed by atoms with Gasteiger partial charge in [-0.2, -0.15) is 0 Å². The molecular weight excluding hydrogens is 346 g/mol. The minimum absolute atomic E-state index is 0.737.